The van der Waals surface area contributed by atoms with Crippen LogP contribution in [0, 0.1) is 0 Å². The second-order valence-corrected chi connectivity index (χ2v) is 17.9. The second-order valence-electron chi connectivity index (χ2n) is 17.9. The number of hydrogen-bond acceptors (Lipinski definition) is 4. The van der Waals surface area contributed by atoms with Crippen molar-refractivity contribution in [2.24, 2.45) is 0 Å². The summed E-state index contributed by atoms with van der Waals surface area (Å²) in [5.41, 5.74) is 19.7. The van der Waals surface area contributed by atoms with Gasteiger partial charge in [0.05, 0.1) is 11.0 Å². The normalized spacial score (nSPS) is 13.1. The van der Waals surface area contributed by atoms with E-state index in [1.807, 2.05) is 60.7 Å². The molecule has 4 heterocycles. The molecule has 12 rings (SSSR count). The summed E-state index contributed by atoms with van der Waals surface area (Å²) in [5.74, 6) is 1.86. The molecule has 0 radical (unpaired) electrons. The molecular weight excluding hydrogens is 787 g/mol. The second kappa shape index (κ2) is 15.1. The van der Waals surface area contributed by atoms with Crippen LogP contribution in [0.4, 0.5) is 0 Å². The van der Waals surface area contributed by atoms with Crippen LogP contribution in [0.2, 0.25) is 0 Å². The average Bonchev–Trinajstić information content (AvgIpc) is 3.98. The molecule has 6 nitrogen and oxygen atoms in total. The lowest BCUT2D eigenvalue weighted by atomic mass is 9.74. The zero-order chi connectivity index (χ0) is 44.1. The largest absolute Gasteiger partial charge is 0.456 e. The summed E-state index contributed by atoms with van der Waals surface area (Å²) in [7, 11) is 13.6. The molecule has 11 aromatic rings. The van der Waals surface area contributed by atoms with Gasteiger partial charge in [-0.05, 0) is 54.8 Å². The Bertz CT molecular complexity index is 3850. The van der Waals surface area contributed by atoms with Gasteiger partial charge in [-0.3, -0.25) is 0 Å². The van der Waals surface area contributed by atoms with E-state index in [0.29, 0.717) is 17.5 Å². The highest BCUT2D eigenvalue weighted by molar-refractivity contribution is 6.61. The van der Waals surface area contributed by atoms with Gasteiger partial charge in [0.25, 0.3) is 0 Å². The SMILES string of the molecule is Bc1cc(B)c2c(c1)c1c(B)c(B)c3c4cc(B)cc(B)c4n(C4=CC=CCC4)c3c1n2C=Cc1ccc2oc3cc(-c4nc(-c5ccccc5)nc(-c5ccccc5)n4)ccc3c2c1. The fourth-order valence-electron chi connectivity index (χ4n) is 10.6. The minimum Gasteiger partial charge on any atom is -0.456 e. The lowest BCUT2D eigenvalue weighted by Crippen LogP contribution is -2.27. The highest BCUT2D eigenvalue weighted by Gasteiger charge is 2.26. The van der Waals surface area contributed by atoms with Crippen LogP contribution in [-0.2, 0) is 0 Å². The Balaban J connectivity index is 1.03. The molecule has 0 unspecified atom stereocenters. The molecule has 0 bridgehead atoms. The number of aromatic nitrogens is 5. The van der Waals surface area contributed by atoms with E-state index in [1.165, 1.54) is 82.1 Å². The van der Waals surface area contributed by atoms with Gasteiger partial charge in [0.2, 0.25) is 0 Å². The molecule has 65 heavy (non-hydrogen) atoms. The van der Waals surface area contributed by atoms with E-state index in [2.05, 4.69) is 147 Å². The van der Waals surface area contributed by atoms with E-state index in [1.54, 1.807) is 0 Å². The van der Waals surface area contributed by atoms with Crippen molar-refractivity contribution in [2.45, 2.75) is 12.8 Å². The summed E-state index contributed by atoms with van der Waals surface area (Å²) in [5, 5.41) is 7.39. The first-order valence-electron chi connectivity index (χ1n) is 22.6. The Kier molecular flexibility index (Phi) is 9.10. The maximum atomic E-state index is 6.57. The number of rotatable bonds is 6. The topological polar surface area (TPSA) is 61.7 Å². The molecule has 7 aromatic carbocycles. The van der Waals surface area contributed by atoms with Gasteiger partial charge in [0.1, 0.15) is 58.2 Å². The molecule has 0 saturated heterocycles. The van der Waals surface area contributed by atoms with Gasteiger partial charge in [0, 0.05) is 71.9 Å². The third-order valence-electron chi connectivity index (χ3n) is 13.5. The number of benzene rings is 7. The van der Waals surface area contributed by atoms with Crippen molar-refractivity contribution in [3.05, 3.63) is 145 Å². The van der Waals surface area contributed by atoms with Gasteiger partial charge in [-0.25, -0.2) is 15.0 Å². The molecular formula is C53H41B6N5O. The van der Waals surface area contributed by atoms with E-state index in [4.69, 9.17) is 19.4 Å². The standard InChI is InChI=1S/C53H41B6N5O/c54-32-24-37-43-45(58)46(59)44-38-25-33(55)27-40(57)48(38)64(34-14-8-3-9-15-34)50(44)49(43)63(47(37)39(56)26-32)21-20-28-16-19-41-36(22-28)35-18-17-31(23-42(35)65-41)53-61-51(29-10-4-1-5-11-29)60-52(62-53)30-12-6-2-7-13-30/h1-8,10-14,16-27H,9,15,54-59H2. The summed E-state index contributed by atoms with van der Waals surface area (Å²) in [4.78, 5) is 14.8. The van der Waals surface area contributed by atoms with E-state index >= 15 is 0 Å². The number of fused-ring (bicyclic) bond motifs is 10. The molecule has 0 spiro atoms. The molecule has 1 aliphatic rings. The van der Waals surface area contributed by atoms with Crippen LogP contribution in [0.15, 0.2) is 144 Å². The molecule has 0 fully saturated rings. The highest BCUT2D eigenvalue weighted by Crippen LogP contribution is 2.40. The molecule has 0 atom stereocenters. The van der Waals surface area contributed by atoms with Crippen LogP contribution < -0.4 is 32.8 Å². The smallest absolute Gasteiger partial charge is 0.164 e. The van der Waals surface area contributed by atoms with Gasteiger partial charge in [-0.2, -0.15) is 0 Å². The average molecular weight is 829 g/mol. The van der Waals surface area contributed by atoms with Crippen LogP contribution in [0.25, 0.3) is 118 Å². The van der Waals surface area contributed by atoms with Crippen molar-refractivity contribution in [3.63, 3.8) is 0 Å². The molecule has 0 N–H and O–H groups in total. The van der Waals surface area contributed by atoms with E-state index < -0.39 is 0 Å². The molecule has 0 saturated carbocycles. The van der Waals surface area contributed by atoms with Crippen molar-refractivity contribution in [3.8, 4) is 34.2 Å². The number of nitrogens with zero attached hydrogens (tertiary/aromatic N) is 5. The molecule has 0 aliphatic heterocycles. The van der Waals surface area contributed by atoms with Gasteiger partial charge >= 0.3 is 0 Å². The Labute approximate surface area is 382 Å². The third-order valence-corrected chi connectivity index (χ3v) is 13.5. The maximum Gasteiger partial charge on any atom is 0.164 e. The van der Waals surface area contributed by atoms with Gasteiger partial charge in [-0.1, -0.05) is 142 Å². The van der Waals surface area contributed by atoms with Crippen molar-refractivity contribution in [2.75, 3.05) is 0 Å². The predicted molar refractivity (Wildman–Crippen MR) is 293 cm³/mol. The van der Waals surface area contributed by atoms with E-state index in [-0.39, 0.29) is 0 Å². The monoisotopic (exact) mass is 829 g/mol. The Morgan fingerprint density at radius 1 is 0.523 bits per heavy atom. The summed E-state index contributed by atoms with van der Waals surface area (Å²) >= 11 is 0. The first-order chi connectivity index (χ1) is 31.7. The molecule has 0 amide bonds. The Morgan fingerprint density at radius 3 is 1.78 bits per heavy atom. The fourth-order valence-corrected chi connectivity index (χ4v) is 10.6. The lowest BCUT2D eigenvalue weighted by Gasteiger charge is -2.17. The summed E-state index contributed by atoms with van der Waals surface area (Å²) in [6.45, 7) is 0. The summed E-state index contributed by atoms with van der Waals surface area (Å²) < 4.78 is 11.7. The van der Waals surface area contributed by atoms with Crippen molar-refractivity contribution in [1.29, 1.82) is 0 Å². The van der Waals surface area contributed by atoms with Crippen molar-refractivity contribution < 1.29 is 4.42 Å². The molecule has 4 aromatic heterocycles. The van der Waals surface area contributed by atoms with Crippen LogP contribution in [0.1, 0.15) is 18.4 Å². The molecule has 302 valence electrons. The number of allylic oxidation sites excluding steroid dienone is 4. The van der Waals surface area contributed by atoms with Gasteiger partial charge in [-0.15, -0.1) is 0 Å². The Hall–Kier alpha value is -7.44. The highest BCUT2D eigenvalue weighted by atomic mass is 16.3. The number of hydrogen-bond donors (Lipinski definition) is 0. The maximum absolute atomic E-state index is 6.57. The quantitative estimate of drug-likeness (QED) is 0.242. The fraction of sp³-hybridized carbons (Fsp3) is 0.0377. The lowest BCUT2D eigenvalue weighted by molar-refractivity contribution is 0.669. The molecule has 12 heteroatoms. The number of furan rings is 1. The third kappa shape index (κ3) is 6.29. The summed E-state index contributed by atoms with van der Waals surface area (Å²) in [6.07, 6.45) is 13.4. The van der Waals surface area contributed by atoms with Gasteiger partial charge < -0.3 is 13.6 Å². The Morgan fingerprint density at radius 2 is 1.14 bits per heavy atom. The van der Waals surface area contributed by atoms with E-state index in [0.717, 1.165) is 57.0 Å². The minimum atomic E-state index is 0.598. The van der Waals surface area contributed by atoms with Crippen LogP contribution in [0.5, 0.6) is 0 Å². The van der Waals surface area contributed by atoms with Crippen LogP contribution >= 0.6 is 0 Å². The van der Waals surface area contributed by atoms with Crippen LogP contribution in [0.3, 0.4) is 0 Å². The summed E-state index contributed by atoms with van der Waals surface area (Å²) in [6, 6.07) is 42.4. The van der Waals surface area contributed by atoms with Gasteiger partial charge in [0.15, 0.2) is 17.5 Å². The predicted octanol–water partition coefficient (Wildman–Crippen LogP) is 3.36. The minimum absolute atomic E-state index is 0.598. The first kappa shape index (κ1) is 39.2. The zero-order valence-electron chi connectivity index (χ0n) is 37.5. The van der Waals surface area contributed by atoms with Crippen molar-refractivity contribution >= 4 is 163 Å². The van der Waals surface area contributed by atoms with Crippen LogP contribution in [-0.4, -0.2) is 71.2 Å². The van der Waals surface area contributed by atoms with Crippen molar-refractivity contribution in [1.82, 2.24) is 24.1 Å². The van der Waals surface area contributed by atoms with E-state index in [9.17, 15) is 0 Å². The molecule has 1 aliphatic carbocycles. The first-order valence-corrected chi connectivity index (χ1v) is 22.6. The zero-order valence-corrected chi connectivity index (χ0v) is 37.5.